The Morgan fingerprint density at radius 1 is 1.43 bits per heavy atom. The number of nitrogens with zero attached hydrogens (tertiary/aromatic N) is 2. The molecule has 2 aliphatic rings. The highest BCUT2D eigenvalue weighted by Crippen LogP contribution is 2.38. The minimum absolute atomic E-state index is 0.0582. The predicted molar refractivity (Wildman–Crippen MR) is 81.3 cm³/mol. The van der Waals surface area contributed by atoms with E-state index in [9.17, 15) is 9.50 Å². The molecule has 1 aliphatic heterocycles. The smallest absolute Gasteiger partial charge is 0.163 e. The number of aliphatic imine (C=N–C) groups is 1. The number of benzene rings is 1. The van der Waals surface area contributed by atoms with E-state index in [1.54, 1.807) is 13.1 Å². The zero-order valence-electron chi connectivity index (χ0n) is 12.2. The molecule has 1 heterocycles. The lowest BCUT2D eigenvalue weighted by Gasteiger charge is -2.34. The Hall–Kier alpha value is -1.68. The molecule has 0 spiro atoms. The summed E-state index contributed by atoms with van der Waals surface area (Å²) in [7, 11) is 0. The fourth-order valence-electron chi connectivity index (χ4n) is 2.86. The average molecular weight is 288 g/mol. The van der Waals surface area contributed by atoms with Crippen molar-refractivity contribution in [2.24, 2.45) is 10.9 Å². The Kier molecular flexibility index (Phi) is 4.06. The fraction of sp³-hybridized carbons (Fsp3) is 0.471. The molecule has 0 saturated heterocycles. The van der Waals surface area contributed by atoms with E-state index in [1.165, 1.54) is 25.1 Å². The SMILES string of the molecule is Cc1cc(C(CCC2CC2)N2C=CN=CC2O)ccc1F. The molecule has 1 N–H and O–H groups in total. The van der Waals surface area contributed by atoms with Crippen molar-refractivity contribution in [1.82, 2.24) is 4.90 Å². The van der Waals surface area contributed by atoms with E-state index < -0.39 is 6.23 Å². The van der Waals surface area contributed by atoms with E-state index in [4.69, 9.17) is 0 Å². The van der Waals surface area contributed by atoms with Crippen molar-refractivity contribution in [3.63, 3.8) is 0 Å². The summed E-state index contributed by atoms with van der Waals surface area (Å²) in [5.74, 6) is 0.643. The van der Waals surface area contributed by atoms with Gasteiger partial charge in [0.15, 0.2) is 6.23 Å². The number of rotatable bonds is 5. The molecule has 1 aromatic carbocycles. The van der Waals surface area contributed by atoms with Crippen molar-refractivity contribution >= 4 is 6.21 Å². The van der Waals surface area contributed by atoms with Crippen molar-refractivity contribution in [2.75, 3.05) is 0 Å². The molecule has 2 atom stereocenters. The van der Waals surface area contributed by atoms with Crippen LogP contribution in [0.4, 0.5) is 4.39 Å². The molecule has 0 bridgehead atoms. The first-order chi connectivity index (χ1) is 10.1. The van der Waals surface area contributed by atoms with Crippen LogP contribution in [0.1, 0.15) is 42.9 Å². The third-order valence-electron chi connectivity index (χ3n) is 4.32. The van der Waals surface area contributed by atoms with Crippen LogP contribution >= 0.6 is 0 Å². The fourth-order valence-corrected chi connectivity index (χ4v) is 2.86. The molecule has 2 unspecified atom stereocenters. The van der Waals surface area contributed by atoms with Crippen molar-refractivity contribution in [3.05, 3.63) is 47.5 Å². The first-order valence-electron chi connectivity index (χ1n) is 7.56. The van der Waals surface area contributed by atoms with Crippen molar-refractivity contribution < 1.29 is 9.50 Å². The third kappa shape index (κ3) is 3.32. The quantitative estimate of drug-likeness (QED) is 0.899. The molecule has 0 radical (unpaired) electrons. The van der Waals surface area contributed by atoms with Crippen LogP contribution in [0.15, 0.2) is 35.6 Å². The van der Waals surface area contributed by atoms with Gasteiger partial charge in [-0.25, -0.2) is 4.39 Å². The van der Waals surface area contributed by atoms with Crippen LogP contribution in [0.3, 0.4) is 0 Å². The maximum absolute atomic E-state index is 13.5. The topological polar surface area (TPSA) is 35.8 Å². The van der Waals surface area contributed by atoms with Gasteiger partial charge in [-0.15, -0.1) is 0 Å². The number of aliphatic hydroxyl groups is 1. The molecule has 4 heteroatoms. The summed E-state index contributed by atoms with van der Waals surface area (Å²) in [5, 5.41) is 10.2. The summed E-state index contributed by atoms with van der Waals surface area (Å²) in [4.78, 5) is 5.87. The van der Waals surface area contributed by atoms with Crippen LogP contribution in [0.5, 0.6) is 0 Å². The van der Waals surface area contributed by atoms with Gasteiger partial charge >= 0.3 is 0 Å². The monoisotopic (exact) mass is 288 g/mol. The zero-order chi connectivity index (χ0) is 14.8. The Labute approximate surface area is 124 Å². The normalized spacial score (nSPS) is 22.6. The molecule has 3 rings (SSSR count). The summed E-state index contributed by atoms with van der Waals surface area (Å²) >= 11 is 0. The zero-order valence-corrected chi connectivity index (χ0v) is 12.2. The van der Waals surface area contributed by atoms with Crippen LogP contribution in [-0.2, 0) is 0 Å². The maximum atomic E-state index is 13.5. The predicted octanol–water partition coefficient (Wildman–Crippen LogP) is 3.54. The lowest BCUT2D eigenvalue weighted by molar-refractivity contribution is 0.0602. The average Bonchev–Trinajstić information content (AvgIpc) is 3.29. The molecule has 1 fully saturated rings. The summed E-state index contributed by atoms with van der Waals surface area (Å²) in [6, 6.07) is 5.29. The van der Waals surface area contributed by atoms with Crippen LogP contribution in [0.25, 0.3) is 0 Å². The molecule has 0 amide bonds. The number of halogens is 1. The van der Waals surface area contributed by atoms with E-state index in [2.05, 4.69) is 4.99 Å². The van der Waals surface area contributed by atoms with Gasteiger partial charge in [0.25, 0.3) is 0 Å². The Morgan fingerprint density at radius 2 is 2.24 bits per heavy atom. The van der Waals surface area contributed by atoms with E-state index in [-0.39, 0.29) is 11.9 Å². The van der Waals surface area contributed by atoms with Gasteiger partial charge in [-0.1, -0.05) is 25.0 Å². The molecule has 1 saturated carbocycles. The second-order valence-electron chi connectivity index (χ2n) is 6.00. The highest BCUT2D eigenvalue weighted by molar-refractivity contribution is 5.64. The van der Waals surface area contributed by atoms with E-state index >= 15 is 0 Å². The Bertz CT molecular complexity index is 566. The summed E-state index contributed by atoms with van der Waals surface area (Å²) in [6.45, 7) is 1.78. The van der Waals surface area contributed by atoms with Crippen LogP contribution in [0.2, 0.25) is 0 Å². The number of aliphatic hydroxyl groups excluding tert-OH is 1. The molecule has 0 aromatic heterocycles. The maximum Gasteiger partial charge on any atom is 0.163 e. The lowest BCUT2D eigenvalue weighted by Crippen LogP contribution is -2.36. The molecule has 21 heavy (non-hydrogen) atoms. The minimum atomic E-state index is -0.718. The second kappa shape index (κ2) is 5.98. The molecule has 112 valence electrons. The van der Waals surface area contributed by atoms with Crippen LogP contribution in [0, 0.1) is 18.7 Å². The molecular formula is C17H21FN2O. The lowest BCUT2D eigenvalue weighted by atomic mass is 9.97. The highest BCUT2D eigenvalue weighted by Gasteiger charge is 2.28. The van der Waals surface area contributed by atoms with E-state index in [1.807, 2.05) is 23.2 Å². The first kappa shape index (κ1) is 14.3. The van der Waals surface area contributed by atoms with Gasteiger partial charge in [0.1, 0.15) is 5.82 Å². The Balaban J connectivity index is 1.84. The van der Waals surface area contributed by atoms with Crippen molar-refractivity contribution in [1.29, 1.82) is 0 Å². The van der Waals surface area contributed by atoms with Gasteiger partial charge in [0.05, 0.1) is 12.3 Å². The van der Waals surface area contributed by atoms with Gasteiger partial charge in [0, 0.05) is 12.4 Å². The second-order valence-corrected chi connectivity index (χ2v) is 6.00. The van der Waals surface area contributed by atoms with Crippen molar-refractivity contribution in [2.45, 2.75) is 44.9 Å². The largest absolute Gasteiger partial charge is 0.368 e. The highest BCUT2D eigenvalue weighted by atomic mass is 19.1. The standard InChI is InChI=1S/C17H21FN2O/c1-12-10-14(5-6-15(12)18)16(7-4-13-2-3-13)20-9-8-19-11-17(20)21/h5-6,8-11,13,16-17,21H,2-4,7H2,1H3. The summed E-state index contributed by atoms with van der Waals surface area (Å²) in [5.41, 5.74) is 1.70. The van der Waals surface area contributed by atoms with Gasteiger partial charge in [-0.3, -0.25) is 4.99 Å². The Morgan fingerprint density at radius 3 is 2.90 bits per heavy atom. The van der Waals surface area contributed by atoms with Crippen LogP contribution in [-0.4, -0.2) is 22.4 Å². The van der Waals surface area contributed by atoms with Gasteiger partial charge < -0.3 is 10.0 Å². The molecule has 1 aliphatic carbocycles. The molecule has 1 aromatic rings. The number of hydrogen-bond acceptors (Lipinski definition) is 3. The van der Waals surface area contributed by atoms with E-state index in [0.717, 1.165) is 24.3 Å². The number of aryl methyl sites for hydroxylation is 1. The van der Waals surface area contributed by atoms with E-state index in [0.29, 0.717) is 5.56 Å². The minimum Gasteiger partial charge on any atom is -0.368 e. The molecular weight excluding hydrogens is 267 g/mol. The van der Waals surface area contributed by atoms with Crippen LogP contribution < -0.4 is 0 Å². The van der Waals surface area contributed by atoms with Gasteiger partial charge in [0.2, 0.25) is 0 Å². The first-order valence-corrected chi connectivity index (χ1v) is 7.56. The van der Waals surface area contributed by atoms with Gasteiger partial charge in [-0.05, 0) is 42.9 Å². The summed E-state index contributed by atoms with van der Waals surface area (Å²) < 4.78 is 13.5. The number of hydrogen-bond donors (Lipinski definition) is 1. The van der Waals surface area contributed by atoms with Gasteiger partial charge in [-0.2, -0.15) is 0 Å². The third-order valence-corrected chi connectivity index (χ3v) is 4.32. The molecule has 3 nitrogen and oxygen atoms in total. The summed E-state index contributed by atoms with van der Waals surface area (Å²) in [6.07, 6.45) is 9.06. The van der Waals surface area contributed by atoms with Crippen molar-refractivity contribution in [3.8, 4) is 0 Å².